The highest BCUT2D eigenvalue weighted by Gasteiger charge is 2.52. The van der Waals surface area contributed by atoms with Crippen LogP contribution in [0.3, 0.4) is 0 Å². The van der Waals surface area contributed by atoms with Crippen molar-refractivity contribution in [2.24, 2.45) is 11.7 Å². The van der Waals surface area contributed by atoms with Gasteiger partial charge in [0.2, 0.25) is 5.91 Å². The van der Waals surface area contributed by atoms with E-state index in [2.05, 4.69) is 31.3 Å². The zero-order chi connectivity index (χ0) is 26.9. The number of rotatable bonds is 7. The number of primary amides is 1. The van der Waals surface area contributed by atoms with Crippen molar-refractivity contribution in [2.45, 2.75) is 85.8 Å². The highest BCUT2D eigenvalue weighted by molar-refractivity contribution is 7.98. The predicted octanol–water partition coefficient (Wildman–Crippen LogP) is -2.55. The minimum absolute atomic E-state index is 0.0212. The molecule has 4 saturated heterocycles. The number of carbonyl (C=O) groups excluding carboxylic acids is 2. The van der Waals surface area contributed by atoms with E-state index in [1.54, 1.807) is 18.0 Å². The first kappa shape index (κ1) is 27.7. The number of carbonyl (C=O) groups is 2. The van der Waals surface area contributed by atoms with Gasteiger partial charge in [-0.2, -0.15) is 0 Å². The van der Waals surface area contributed by atoms with Gasteiger partial charge < -0.3 is 46.5 Å². The molecule has 6 rings (SSSR count). The predicted molar refractivity (Wildman–Crippen MR) is 145 cm³/mol. The minimum atomic E-state index is -0.573. The molecule has 13 heteroatoms. The Morgan fingerprint density at radius 1 is 1.13 bits per heavy atom. The molecular formula is C26H44N7O5S+. The van der Waals surface area contributed by atoms with E-state index in [-0.39, 0.29) is 47.1 Å². The van der Waals surface area contributed by atoms with Gasteiger partial charge in [-0.05, 0) is 19.3 Å². The maximum absolute atomic E-state index is 13.0. The molecule has 0 spiro atoms. The van der Waals surface area contributed by atoms with Gasteiger partial charge in [-0.15, -0.1) is 0 Å². The van der Waals surface area contributed by atoms with E-state index in [0.717, 1.165) is 25.8 Å². The number of nitrogens with two attached hydrogens (primary N) is 1. The molecular weight excluding hydrogens is 522 g/mol. The van der Waals surface area contributed by atoms with Gasteiger partial charge in [0.05, 0.1) is 31.9 Å². The minimum Gasteiger partial charge on any atom is -0.472 e. The Morgan fingerprint density at radius 3 is 2.74 bits per heavy atom. The van der Waals surface area contributed by atoms with Gasteiger partial charge in [0.1, 0.15) is 12.1 Å². The van der Waals surface area contributed by atoms with Crippen molar-refractivity contribution < 1.29 is 29.5 Å². The number of hydrogen-bond donors (Lipinski definition) is 6. The van der Waals surface area contributed by atoms with Crippen LogP contribution in [-0.4, -0.2) is 116 Å². The summed E-state index contributed by atoms with van der Waals surface area (Å²) in [7, 11) is 0. The monoisotopic (exact) mass is 566 g/mol. The molecule has 1 aliphatic carbocycles. The Morgan fingerprint density at radius 2 is 1.95 bits per heavy atom. The van der Waals surface area contributed by atoms with Crippen molar-refractivity contribution in [1.29, 1.82) is 0 Å². The van der Waals surface area contributed by atoms with Crippen LogP contribution in [0.2, 0.25) is 0 Å². The van der Waals surface area contributed by atoms with Gasteiger partial charge in [0.15, 0.2) is 17.8 Å². The molecule has 1 saturated carbocycles. The molecule has 5 heterocycles. The lowest BCUT2D eigenvalue weighted by atomic mass is 9.87. The van der Waals surface area contributed by atoms with Crippen LogP contribution in [0, 0.1) is 5.92 Å². The topological polar surface area (TPSA) is 167 Å². The average molecular weight is 567 g/mol. The Labute approximate surface area is 234 Å². The Balaban J connectivity index is 1.12. The zero-order valence-electron chi connectivity index (χ0n) is 22.5. The van der Waals surface area contributed by atoms with Crippen LogP contribution < -0.4 is 32.1 Å². The first-order chi connectivity index (χ1) is 19.0. The van der Waals surface area contributed by atoms with Gasteiger partial charge in [0, 0.05) is 68.0 Å². The molecule has 0 bridgehead atoms. The first-order valence-corrected chi connectivity index (χ1v) is 15.5. The van der Waals surface area contributed by atoms with Crippen molar-refractivity contribution in [3.63, 3.8) is 0 Å². The van der Waals surface area contributed by atoms with E-state index < -0.39 is 12.1 Å². The Hall–Kier alpha value is -1.45. The van der Waals surface area contributed by atoms with Crippen molar-refractivity contribution >= 4 is 23.6 Å². The van der Waals surface area contributed by atoms with Gasteiger partial charge in [0.25, 0.3) is 0 Å². The maximum atomic E-state index is 13.0. The number of hydrogen-bond acceptors (Lipinski definition) is 11. The summed E-state index contributed by atoms with van der Waals surface area (Å²) in [5.41, 5.74) is 10.2. The second-order valence-corrected chi connectivity index (χ2v) is 12.9. The standard InChI is InChI=1S/C26H43N7O5S/c27-16-3-1-2-4-17(16)31-14-9-18(22(26(28)35)29-11-14)32-19-12-30-39-25(19)15-13-37-24-20(34)10-21(38-23(15)24)33-5-7-36-8-6-33/h10,14-19,22-25,29-32H,1-9,11-13,27H2,(H2,28,35)/p+1/t14?,15?,16-,17-,18?,19?,22?,23?,24?,25?/m1/s1. The fourth-order valence-electron chi connectivity index (χ4n) is 7.14. The SMILES string of the molecule is NC(=O)C1NCC(N[C@@H]2CCCC[C@H]2[NH3+])CC1NC1CNSC1C1COC2C(=O)C=C(N3CCOCC3)OC21. The summed E-state index contributed by atoms with van der Waals surface area (Å²) in [6.07, 6.45) is 6.29. The molecule has 0 aromatic rings. The van der Waals surface area contributed by atoms with Crippen LogP contribution in [0.15, 0.2) is 12.0 Å². The largest absolute Gasteiger partial charge is 0.472 e. The second-order valence-electron chi connectivity index (χ2n) is 11.8. The lowest BCUT2D eigenvalue weighted by Crippen LogP contribution is -2.72. The second kappa shape index (κ2) is 12.2. The van der Waals surface area contributed by atoms with E-state index in [9.17, 15) is 9.59 Å². The summed E-state index contributed by atoms with van der Waals surface area (Å²) in [6, 6.07) is 0.600. The summed E-state index contributed by atoms with van der Waals surface area (Å²) in [6.45, 7) is 4.58. The summed E-state index contributed by atoms with van der Waals surface area (Å²) in [5, 5.41) is 11.1. The molecule has 9 N–H and O–H groups in total. The molecule has 0 aromatic carbocycles. The fraction of sp³-hybridized carbons (Fsp3) is 0.846. The van der Waals surface area contributed by atoms with E-state index in [1.165, 1.54) is 12.8 Å². The smallest absolute Gasteiger partial charge is 0.236 e. The highest BCUT2D eigenvalue weighted by atomic mass is 32.2. The zero-order valence-corrected chi connectivity index (χ0v) is 23.3. The third kappa shape index (κ3) is 5.96. The van der Waals surface area contributed by atoms with Gasteiger partial charge in [-0.1, -0.05) is 18.4 Å². The molecule has 218 valence electrons. The molecule has 12 nitrogen and oxygen atoms in total. The number of ether oxygens (including phenoxy) is 3. The number of ketones is 1. The average Bonchev–Trinajstić information content (AvgIpc) is 3.57. The van der Waals surface area contributed by atoms with Gasteiger partial charge >= 0.3 is 0 Å². The van der Waals surface area contributed by atoms with Crippen LogP contribution >= 0.6 is 11.9 Å². The molecule has 0 radical (unpaired) electrons. The van der Waals surface area contributed by atoms with E-state index in [1.807, 2.05) is 0 Å². The Bertz CT molecular complexity index is 936. The lowest BCUT2D eigenvalue weighted by Gasteiger charge is -2.41. The summed E-state index contributed by atoms with van der Waals surface area (Å²) >= 11 is 1.67. The summed E-state index contributed by atoms with van der Waals surface area (Å²) in [5.74, 6) is 0.292. The lowest BCUT2D eigenvalue weighted by molar-refractivity contribution is -0.431. The van der Waals surface area contributed by atoms with Crippen molar-refractivity contribution in [3.05, 3.63) is 12.0 Å². The first-order valence-electron chi connectivity index (χ1n) is 14.6. The number of nitrogens with one attached hydrogen (secondary N) is 4. The number of amides is 1. The molecule has 8 unspecified atom stereocenters. The van der Waals surface area contributed by atoms with Crippen LogP contribution in [0.5, 0.6) is 0 Å². The third-order valence-corrected chi connectivity index (χ3v) is 10.6. The van der Waals surface area contributed by atoms with E-state index in [4.69, 9.17) is 19.9 Å². The molecule has 5 aliphatic heterocycles. The summed E-state index contributed by atoms with van der Waals surface area (Å²) in [4.78, 5) is 27.5. The van der Waals surface area contributed by atoms with Crippen LogP contribution in [0.1, 0.15) is 32.1 Å². The number of nitrogens with zero attached hydrogens (tertiary/aromatic N) is 1. The van der Waals surface area contributed by atoms with Crippen LogP contribution in [0.25, 0.3) is 0 Å². The number of fused-ring (bicyclic) bond motifs is 1. The molecule has 5 fully saturated rings. The van der Waals surface area contributed by atoms with Crippen LogP contribution in [-0.2, 0) is 23.8 Å². The number of quaternary nitrogens is 1. The number of piperidine rings is 1. The molecule has 1 amide bonds. The third-order valence-electron chi connectivity index (χ3n) is 9.27. The molecule has 10 atom stereocenters. The van der Waals surface area contributed by atoms with Gasteiger partial charge in [-0.25, -0.2) is 0 Å². The molecule has 0 aromatic heterocycles. The summed E-state index contributed by atoms with van der Waals surface area (Å²) < 4.78 is 21.4. The molecule has 39 heavy (non-hydrogen) atoms. The van der Waals surface area contributed by atoms with E-state index in [0.29, 0.717) is 57.4 Å². The van der Waals surface area contributed by atoms with Crippen molar-refractivity contribution in [3.8, 4) is 0 Å². The molecule has 6 aliphatic rings. The Kier molecular flexibility index (Phi) is 8.66. The normalized spacial score (nSPS) is 43.1. The maximum Gasteiger partial charge on any atom is 0.236 e. The van der Waals surface area contributed by atoms with Gasteiger partial charge in [-0.3, -0.25) is 14.3 Å². The highest BCUT2D eigenvalue weighted by Crippen LogP contribution is 2.39. The van der Waals surface area contributed by atoms with Crippen LogP contribution in [0.4, 0.5) is 0 Å². The van der Waals surface area contributed by atoms with Crippen molar-refractivity contribution in [2.75, 3.05) is 46.0 Å². The van der Waals surface area contributed by atoms with E-state index >= 15 is 0 Å². The van der Waals surface area contributed by atoms with Crippen molar-refractivity contribution in [1.82, 2.24) is 25.6 Å². The quantitative estimate of drug-likeness (QED) is 0.180. The number of morpholine rings is 1. The fourth-order valence-corrected chi connectivity index (χ4v) is 8.35.